The summed E-state index contributed by atoms with van der Waals surface area (Å²) in [5.41, 5.74) is 7.39. The van der Waals surface area contributed by atoms with Crippen LogP contribution in [0.1, 0.15) is 45.2 Å². The molecule has 1 aromatic rings. The molecule has 0 saturated carbocycles. The monoisotopic (exact) mass is 311 g/mol. The predicted molar refractivity (Wildman–Crippen MR) is 78.7 cm³/mol. The van der Waals surface area contributed by atoms with E-state index in [4.69, 9.17) is 10.5 Å². The predicted octanol–water partition coefficient (Wildman–Crippen LogP) is 4.28. The third-order valence-electron chi connectivity index (χ3n) is 3.62. The van der Waals surface area contributed by atoms with Crippen molar-refractivity contribution in [3.8, 4) is 5.75 Å². The van der Waals surface area contributed by atoms with Crippen LogP contribution in [0.4, 0.5) is 0 Å². The summed E-state index contributed by atoms with van der Waals surface area (Å²) in [6.45, 7) is 6.77. The van der Waals surface area contributed by atoms with Gasteiger partial charge in [-0.25, -0.2) is 0 Å². The standard InChI is InChI=1S/C15H22BrNO/c1-9(2)6-10(3)14-8-13(17)12-5-4-11(16)7-15(12)18-14/h4-5,7,9-10,13-14H,6,8,17H2,1-3H3/t10?,13-,14?/m0/s1. The molecular weight excluding hydrogens is 290 g/mol. The van der Waals surface area contributed by atoms with Crippen LogP contribution < -0.4 is 10.5 Å². The van der Waals surface area contributed by atoms with Gasteiger partial charge in [-0.2, -0.15) is 0 Å². The van der Waals surface area contributed by atoms with Crippen molar-refractivity contribution in [3.63, 3.8) is 0 Å². The molecule has 18 heavy (non-hydrogen) atoms. The van der Waals surface area contributed by atoms with E-state index in [0.717, 1.165) is 22.2 Å². The van der Waals surface area contributed by atoms with E-state index in [-0.39, 0.29) is 12.1 Å². The molecule has 0 radical (unpaired) electrons. The van der Waals surface area contributed by atoms with Gasteiger partial charge in [-0.15, -0.1) is 0 Å². The van der Waals surface area contributed by atoms with Gasteiger partial charge in [0, 0.05) is 22.5 Å². The number of halogens is 1. The largest absolute Gasteiger partial charge is 0.490 e. The van der Waals surface area contributed by atoms with E-state index < -0.39 is 0 Å². The molecule has 0 fully saturated rings. The topological polar surface area (TPSA) is 35.2 Å². The number of hydrogen-bond acceptors (Lipinski definition) is 2. The summed E-state index contributed by atoms with van der Waals surface area (Å²) in [7, 11) is 0. The van der Waals surface area contributed by atoms with Crippen molar-refractivity contribution < 1.29 is 4.74 Å². The fraction of sp³-hybridized carbons (Fsp3) is 0.600. The van der Waals surface area contributed by atoms with Crippen LogP contribution in [-0.2, 0) is 0 Å². The quantitative estimate of drug-likeness (QED) is 0.904. The Morgan fingerprint density at radius 3 is 2.78 bits per heavy atom. The molecule has 1 aromatic carbocycles. The van der Waals surface area contributed by atoms with E-state index in [1.807, 2.05) is 12.1 Å². The smallest absolute Gasteiger partial charge is 0.125 e. The molecule has 2 rings (SSSR count). The minimum absolute atomic E-state index is 0.0986. The van der Waals surface area contributed by atoms with Crippen molar-refractivity contribution in [1.82, 2.24) is 0 Å². The van der Waals surface area contributed by atoms with Gasteiger partial charge in [0.15, 0.2) is 0 Å². The first kappa shape index (κ1) is 13.9. The third-order valence-corrected chi connectivity index (χ3v) is 4.11. The highest BCUT2D eigenvalue weighted by Gasteiger charge is 2.29. The summed E-state index contributed by atoms with van der Waals surface area (Å²) in [5, 5.41) is 0. The normalized spacial score (nSPS) is 24.6. The zero-order valence-corrected chi connectivity index (χ0v) is 12.9. The fourth-order valence-electron chi connectivity index (χ4n) is 2.75. The Balaban J connectivity index is 2.16. The van der Waals surface area contributed by atoms with Crippen molar-refractivity contribution in [3.05, 3.63) is 28.2 Å². The molecule has 0 aromatic heterocycles. The molecule has 1 aliphatic heterocycles. The van der Waals surface area contributed by atoms with E-state index in [9.17, 15) is 0 Å². The molecule has 3 heteroatoms. The van der Waals surface area contributed by atoms with Gasteiger partial charge in [-0.1, -0.05) is 42.8 Å². The summed E-state index contributed by atoms with van der Waals surface area (Å²) in [4.78, 5) is 0. The highest BCUT2D eigenvalue weighted by molar-refractivity contribution is 9.10. The van der Waals surface area contributed by atoms with Gasteiger partial charge >= 0.3 is 0 Å². The van der Waals surface area contributed by atoms with Gasteiger partial charge in [0.1, 0.15) is 11.9 Å². The van der Waals surface area contributed by atoms with Crippen LogP contribution in [0.15, 0.2) is 22.7 Å². The molecule has 2 nitrogen and oxygen atoms in total. The van der Waals surface area contributed by atoms with Gasteiger partial charge in [0.25, 0.3) is 0 Å². The lowest BCUT2D eigenvalue weighted by molar-refractivity contribution is 0.0962. The number of ether oxygens (including phenoxy) is 1. The minimum atomic E-state index is 0.0986. The minimum Gasteiger partial charge on any atom is -0.490 e. The average Bonchev–Trinajstić information content (AvgIpc) is 2.27. The van der Waals surface area contributed by atoms with Gasteiger partial charge in [-0.3, -0.25) is 0 Å². The average molecular weight is 312 g/mol. The summed E-state index contributed by atoms with van der Waals surface area (Å²) in [6, 6.07) is 6.22. The Labute approximate surface area is 118 Å². The second-order valence-electron chi connectivity index (χ2n) is 5.79. The number of fused-ring (bicyclic) bond motifs is 1. The maximum atomic E-state index is 6.26. The van der Waals surface area contributed by atoms with E-state index >= 15 is 0 Å². The highest BCUT2D eigenvalue weighted by Crippen LogP contribution is 2.38. The first-order valence-corrected chi connectivity index (χ1v) is 7.48. The Bertz CT molecular complexity index is 419. The fourth-order valence-corrected chi connectivity index (χ4v) is 3.09. The van der Waals surface area contributed by atoms with Crippen molar-refractivity contribution in [1.29, 1.82) is 0 Å². The molecule has 0 bridgehead atoms. The van der Waals surface area contributed by atoms with E-state index in [1.165, 1.54) is 6.42 Å². The molecule has 1 aliphatic rings. The van der Waals surface area contributed by atoms with Crippen molar-refractivity contribution in [2.75, 3.05) is 0 Å². The number of nitrogens with two attached hydrogens (primary N) is 1. The van der Waals surface area contributed by atoms with Crippen LogP contribution in [0.25, 0.3) is 0 Å². The molecule has 0 spiro atoms. The highest BCUT2D eigenvalue weighted by atomic mass is 79.9. The van der Waals surface area contributed by atoms with Crippen LogP contribution in [0.3, 0.4) is 0 Å². The molecule has 0 amide bonds. The summed E-state index contributed by atoms with van der Waals surface area (Å²) in [6.07, 6.45) is 2.34. The van der Waals surface area contributed by atoms with Crippen LogP contribution in [0.2, 0.25) is 0 Å². The first-order valence-electron chi connectivity index (χ1n) is 6.69. The molecular formula is C15H22BrNO. The lowest BCUT2D eigenvalue weighted by atomic mass is 9.87. The molecule has 0 saturated heterocycles. The molecule has 1 heterocycles. The second-order valence-corrected chi connectivity index (χ2v) is 6.70. The van der Waals surface area contributed by atoms with Crippen molar-refractivity contribution in [2.24, 2.45) is 17.6 Å². The van der Waals surface area contributed by atoms with E-state index in [0.29, 0.717) is 11.8 Å². The molecule has 2 unspecified atom stereocenters. The van der Waals surface area contributed by atoms with Crippen LogP contribution in [-0.4, -0.2) is 6.10 Å². The van der Waals surface area contributed by atoms with Gasteiger partial charge < -0.3 is 10.5 Å². The maximum Gasteiger partial charge on any atom is 0.125 e. The van der Waals surface area contributed by atoms with Crippen molar-refractivity contribution in [2.45, 2.75) is 45.8 Å². The summed E-state index contributed by atoms with van der Waals surface area (Å²) < 4.78 is 7.18. The molecule has 0 aliphatic carbocycles. The van der Waals surface area contributed by atoms with Gasteiger partial charge in [0.05, 0.1) is 0 Å². The van der Waals surface area contributed by atoms with Crippen molar-refractivity contribution >= 4 is 15.9 Å². The van der Waals surface area contributed by atoms with E-state index in [2.05, 4.69) is 42.8 Å². The third kappa shape index (κ3) is 3.07. The lowest BCUT2D eigenvalue weighted by Crippen LogP contribution is -2.34. The van der Waals surface area contributed by atoms with Crippen LogP contribution in [0, 0.1) is 11.8 Å². The summed E-state index contributed by atoms with van der Waals surface area (Å²) >= 11 is 3.49. The van der Waals surface area contributed by atoms with Crippen LogP contribution >= 0.6 is 15.9 Å². The zero-order chi connectivity index (χ0) is 13.3. The molecule has 3 atom stereocenters. The SMILES string of the molecule is CC(C)CC(C)C1C[C@H](N)c2ccc(Br)cc2O1. The van der Waals surface area contributed by atoms with Gasteiger partial charge in [0.2, 0.25) is 0 Å². The maximum absolute atomic E-state index is 6.26. The molecule has 2 N–H and O–H groups in total. The zero-order valence-electron chi connectivity index (χ0n) is 11.3. The number of rotatable bonds is 3. The lowest BCUT2D eigenvalue weighted by Gasteiger charge is -2.34. The second kappa shape index (κ2) is 5.62. The van der Waals surface area contributed by atoms with Crippen LogP contribution in [0.5, 0.6) is 5.75 Å². The summed E-state index contributed by atoms with van der Waals surface area (Å²) in [5.74, 6) is 2.19. The number of benzene rings is 1. The Morgan fingerprint density at radius 2 is 2.11 bits per heavy atom. The Hall–Kier alpha value is -0.540. The van der Waals surface area contributed by atoms with E-state index in [1.54, 1.807) is 0 Å². The van der Waals surface area contributed by atoms with Gasteiger partial charge in [-0.05, 0) is 30.4 Å². The number of hydrogen-bond donors (Lipinski definition) is 1. The Kier molecular flexibility index (Phi) is 4.33. The first-order chi connectivity index (χ1) is 8.47. The Morgan fingerprint density at radius 1 is 1.39 bits per heavy atom. The molecule has 100 valence electrons.